The normalized spacial score (nSPS) is 15.4. The van der Waals surface area contributed by atoms with Crippen LogP contribution in [0, 0.1) is 6.92 Å². The van der Waals surface area contributed by atoms with Gasteiger partial charge in [0.15, 0.2) is 0 Å². The fourth-order valence-electron chi connectivity index (χ4n) is 3.05. The number of likely N-dealkylation sites (tertiary alicyclic amines) is 1. The van der Waals surface area contributed by atoms with Gasteiger partial charge in [-0.25, -0.2) is 9.97 Å². The molecule has 2 N–H and O–H groups in total. The number of carbonyl (C=O) groups excluding carboxylic acids is 2. The van der Waals surface area contributed by atoms with Crippen molar-refractivity contribution in [3.8, 4) is 0 Å². The topological polar surface area (TPSA) is 87.2 Å². The summed E-state index contributed by atoms with van der Waals surface area (Å²) in [5.41, 5.74) is 1.95. The number of piperidine rings is 1. The third-order valence-electron chi connectivity index (χ3n) is 4.39. The fraction of sp³-hybridized carbons (Fsp3) is 0.647. The summed E-state index contributed by atoms with van der Waals surface area (Å²) < 4.78 is 0. The first kappa shape index (κ1) is 18.3. The number of hydrogen-bond donors (Lipinski definition) is 2. The Labute approximate surface area is 143 Å². The summed E-state index contributed by atoms with van der Waals surface area (Å²) >= 11 is 0. The van der Waals surface area contributed by atoms with E-state index in [-0.39, 0.29) is 11.8 Å². The van der Waals surface area contributed by atoms with Gasteiger partial charge in [-0.1, -0.05) is 0 Å². The molecule has 0 aliphatic carbocycles. The Morgan fingerprint density at radius 2 is 1.96 bits per heavy atom. The molecule has 7 nitrogen and oxygen atoms in total. The predicted octanol–water partition coefficient (Wildman–Crippen LogP) is 0.389. The summed E-state index contributed by atoms with van der Waals surface area (Å²) in [4.78, 5) is 34.3. The molecule has 2 rings (SSSR count). The molecule has 2 amide bonds. The molecular weight excluding hydrogens is 306 g/mol. The number of carbonyl (C=O) groups is 2. The number of hydrogen-bond acceptors (Lipinski definition) is 5. The van der Waals surface area contributed by atoms with Crippen LogP contribution in [0.4, 0.5) is 0 Å². The van der Waals surface area contributed by atoms with Gasteiger partial charge in [-0.2, -0.15) is 0 Å². The molecule has 0 saturated carbocycles. The zero-order chi connectivity index (χ0) is 17.5. The highest BCUT2D eigenvalue weighted by molar-refractivity contribution is 5.78. The van der Waals surface area contributed by atoms with Gasteiger partial charge in [0.1, 0.15) is 5.82 Å². The maximum atomic E-state index is 11.9. The van der Waals surface area contributed by atoms with E-state index in [4.69, 9.17) is 0 Å². The van der Waals surface area contributed by atoms with Gasteiger partial charge in [0.2, 0.25) is 11.8 Å². The first-order valence-electron chi connectivity index (χ1n) is 8.51. The summed E-state index contributed by atoms with van der Waals surface area (Å²) in [6, 6.07) is 2.02. The van der Waals surface area contributed by atoms with Crippen LogP contribution in [-0.4, -0.2) is 60.4 Å². The molecule has 2 heterocycles. The highest BCUT2D eigenvalue weighted by Crippen LogP contribution is 2.27. The molecular formula is C17H27N5O2. The number of aryl methyl sites for hydroxylation is 2. The van der Waals surface area contributed by atoms with Crippen molar-refractivity contribution in [3.05, 3.63) is 23.3 Å². The van der Waals surface area contributed by atoms with Crippen molar-refractivity contribution >= 4 is 11.8 Å². The fourth-order valence-corrected chi connectivity index (χ4v) is 3.05. The minimum absolute atomic E-state index is 0.0177. The quantitative estimate of drug-likeness (QED) is 0.786. The summed E-state index contributed by atoms with van der Waals surface area (Å²) in [7, 11) is 3.43. The van der Waals surface area contributed by atoms with Gasteiger partial charge in [0, 0.05) is 43.9 Å². The number of amides is 2. The third kappa shape index (κ3) is 4.99. The van der Waals surface area contributed by atoms with E-state index in [1.165, 1.54) is 0 Å². The standard InChI is InChI=1S/C17H27N5O2/c1-12-20-14(4-5-16(23)19-3)10-15(21-12)13-6-8-22(9-7-13)17(24)11-18-2/h10,13,18H,4-9,11H2,1-3H3,(H,19,23). The minimum atomic E-state index is 0.0177. The molecule has 1 aromatic heterocycles. The van der Waals surface area contributed by atoms with Gasteiger partial charge in [0.25, 0.3) is 0 Å². The second-order valence-electron chi connectivity index (χ2n) is 6.19. The number of likely N-dealkylation sites (N-methyl/N-ethyl adjacent to an activating group) is 1. The van der Waals surface area contributed by atoms with Gasteiger partial charge >= 0.3 is 0 Å². The second kappa shape index (κ2) is 8.73. The zero-order valence-corrected chi connectivity index (χ0v) is 14.8. The van der Waals surface area contributed by atoms with Gasteiger partial charge in [-0.3, -0.25) is 9.59 Å². The molecule has 0 radical (unpaired) electrons. The van der Waals surface area contributed by atoms with Crippen molar-refractivity contribution in [3.63, 3.8) is 0 Å². The molecule has 1 aliphatic heterocycles. The van der Waals surface area contributed by atoms with Crippen LogP contribution in [0.2, 0.25) is 0 Å². The summed E-state index contributed by atoms with van der Waals surface area (Å²) in [5, 5.41) is 5.53. The number of nitrogens with zero attached hydrogens (tertiary/aromatic N) is 3. The Hall–Kier alpha value is -2.02. The van der Waals surface area contributed by atoms with Gasteiger partial charge < -0.3 is 15.5 Å². The van der Waals surface area contributed by atoms with Crippen LogP contribution in [0.5, 0.6) is 0 Å². The summed E-state index contributed by atoms with van der Waals surface area (Å²) in [6.07, 6.45) is 2.89. The average molecular weight is 333 g/mol. The molecule has 24 heavy (non-hydrogen) atoms. The van der Waals surface area contributed by atoms with E-state index in [1.807, 2.05) is 17.9 Å². The molecule has 1 aromatic rings. The van der Waals surface area contributed by atoms with Gasteiger partial charge in [-0.05, 0) is 39.3 Å². The van der Waals surface area contributed by atoms with Crippen LogP contribution >= 0.6 is 0 Å². The Morgan fingerprint density at radius 3 is 2.58 bits per heavy atom. The highest BCUT2D eigenvalue weighted by Gasteiger charge is 2.24. The van der Waals surface area contributed by atoms with Crippen LogP contribution in [0.15, 0.2) is 6.07 Å². The lowest BCUT2D eigenvalue weighted by molar-refractivity contribution is -0.131. The lowest BCUT2D eigenvalue weighted by Gasteiger charge is -2.32. The van der Waals surface area contributed by atoms with E-state index < -0.39 is 0 Å². The number of nitrogens with one attached hydrogen (secondary N) is 2. The molecule has 1 aliphatic rings. The first-order valence-corrected chi connectivity index (χ1v) is 8.51. The van der Waals surface area contributed by atoms with E-state index in [1.54, 1.807) is 14.1 Å². The summed E-state index contributed by atoms with van der Waals surface area (Å²) in [5.74, 6) is 1.27. The van der Waals surface area contributed by atoms with Crippen molar-refractivity contribution < 1.29 is 9.59 Å². The maximum absolute atomic E-state index is 11.9. The maximum Gasteiger partial charge on any atom is 0.236 e. The molecule has 0 unspecified atom stereocenters. The molecule has 0 atom stereocenters. The van der Waals surface area contributed by atoms with E-state index in [0.29, 0.717) is 25.3 Å². The minimum Gasteiger partial charge on any atom is -0.359 e. The van der Waals surface area contributed by atoms with Crippen LogP contribution in [-0.2, 0) is 16.0 Å². The molecule has 1 saturated heterocycles. The Bertz CT molecular complexity index is 582. The largest absolute Gasteiger partial charge is 0.359 e. The smallest absolute Gasteiger partial charge is 0.236 e. The van der Waals surface area contributed by atoms with Crippen molar-refractivity contribution in [2.75, 3.05) is 33.7 Å². The molecule has 1 fully saturated rings. The molecule has 0 aromatic carbocycles. The predicted molar refractivity (Wildman–Crippen MR) is 91.6 cm³/mol. The van der Waals surface area contributed by atoms with Crippen LogP contribution < -0.4 is 10.6 Å². The average Bonchev–Trinajstić information content (AvgIpc) is 2.59. The highest BCUT2D eigenvalue weighted by atomic mass is 16.2. The van der Waals surface area contributed by atoms with E-state index in [9.17, 15) is 9.59 Å². The number of rotatable bonds is 6. The van der Waals surface area contributed by atoms with Crippen LogP contribution in [0.3, 0.4) is 0 Å². The van der Waals surface area contributed by atoms with Crippen molar-refractivity contribution in [1.82, 2.24) is 25.5 Å². The molecule has 0 bridgehead atoms. The Morgan fingerprint density at radius 1 is 1.25 bits per heavy atom. The first-order chi connectivity index (χ1) is 11.5. The lowest BCUT2D eigenvalue weighted by Crippen LogP contribution is -2.42. The second-order valence-corrected chi connectivity index (χ2v) is 6.19. The van der Waals surface area contributed by atoms with Crippen molar-refractivity contribution in [2.24, 2.45) is 0 Å². The van der Waals surface area contributed by atoms with Crippen LogP contribution in [0.25, 0.3) is 0 Å². The number of aromatic nitrogens is 2. The van der Waals surface area contributed by atoms with Crippen molar-refractivity contribution in [2.45, 2.75) is 38.5 Å². The van der Waals surface area contributed by atoms with E-state index >= 15 is 0 Å². The lowest BCUT2D eigenvalue weighted by atomic mass is 9.92. The monoisotopic (exact) mass is 333 g/mol. The van der Waals surface area contributed by atoms with Crippen LogP contribution in [0.1, 0.15) is 42.4 Å². The Balaban J connectivity index is 1.98. The van der Waals surface area contributed by atoms with Gasteiger partial charge in [0.05, 0.1) is 6.54 Å². The third-order valence-corrected chi connectivity index (χ3v) is 4.39. The zero-order valence-electron chi connectivity index (χ0n) is 14.8. The van der Waals surface area contributed by atoms with Crippen molar-refractivity contribution in [1.29, 1.82) is 0 Å². The molecule has 0 spiro atoms. The van der Waals surface area contributed by atoms with E-state index in [0.717, 1.165) is 43.1 Å². The molecule has 7 heteroatoms. The SMILES string of the molecule is CNCC(=O)N1CCC(c2cc(CCC(=O)NC)nc(C)n2)CC1. The Kier molecular flexibility index (Phi) is 6.66. The summed E-state index contributed by atoms with van der Waals surface area (Å²) in [6.45, 7) is 3.81. The van der Waals surface area contributed by atoms with Gasteiger partial charge in [-0.15, -0.1) is 0 Å². The van der Waals surface area contributed by atoms with E-state index in [2.05, 4.69) is 20.6 Å². The molecule has 132 valence electrons.